The SMILES string of the molecule is CCCn1cc(N)cc1C(=O)NCC1(SC)CCCC1. The Morgan fingerprint density at radius 1 is 1.50 bits per heavy atom. The molecule has 0 bridgehead atoms. The molecule has 1 aromatic heterocycles. The van der Waals surface area contributed by atoms with Crippen LogP contribution in [0.5, 0.6) is 0 Å². The average molecular weight is 295 g/mol. The van der Waals surface area contributed by atoms with Crippen molar-refractivity contribution < 1.29 is 4.79 Å². The molecule has 20 heavy (non-hydrogen) atoms. The van der Waals surface area contributed by atoms with E-state index in [1.165, 1.54) is 25.7 Å². The molecule has 0 spiro atoms. The molecule has 0 aliphatic heterocycles. The third kappa shape index (κ3) is 3.32. The minimum absolute atomic E-state index is 0.00419. The Morgan fingerprint density at radius 3 is 2.80 bits per heavy atom. The van der Waals surface area contributed by atoms with Crippen molar-refractivity contribution in [3.05, 3.63) is 18.0 Å². The number of amides is 1. The second-order valence-corrected chi connectivity index (χ2v) is 6.90. The summed E-state index contributed by atoms with van der Waals surface area (Å²) < 4.78 is 2.19. The Balaban J connectivity index is 2.01. The number of nitrogens with two attached hydrogens (primary N) is 1. The van der Waals surface area contributed by atoms with Crippen LogP contribution in [0.25, 0.3) is 0 Å². The molecule has 1 fully saturated rings. The lowest BCUT2D eigenvalue weighted by molar-refractivity contribution is 0.0940. The first-order valence-corrected chi connectivity index (χ1v) is 8.62. The Labute approximate surface area is 125 Å². The number of carbonyl (C=O) groups is 1. The molecule has 1 aliphatic carbocycles. The molecule has 0 saturated heterocycles. The fourth-order valence-corrected chi connectivity index (χ4v) is 3.87. The molecule has 1 aliphatic rings. The zero-order chi connectivity index (χ0) is 14.6. The molecule has 112 valence electrons. The van der Waals surface area contributed by atoms with Crippen molar-refractivity contribution in [1.82, 2.24) is 9.88 Å². The standard InChI is InChI=1S/C15H25N3OS/c1-3-8-18-10-12(16)9-13(18)14(19)17-11-15(20-2)6-4-5-7-15/h9-10H,3-8,11,16H2,1-2H3,(H,17,19). The Hall–Kier alpha value is -1.10. The number of rotatable bonds is 6. The van der Waals surface area contributed by atoms with Crippen molar-refractivity contribution in [1.29, 1.82) is 0 Å². The smallest absolute Gasteiger partial charge is 0.268 e. The molecule has 4 nitrogen and oxygen atoms in total. The van der Waals surface area contributed by atoms with Crippen LogP contribution < -0.4 is 11.1 Å². The monoisotopic (exact) mass is 295 g/mol. The molecule has 2 rings (SSSR count). The van der Waals surface area contributed by atoms with E-state index in [-0.39, 0.29) is 10.7 Å². The molecule has 0 atom stereocenters. The second-order valence-electron chi connectivity index (χ2n) is 5.63. The minimum atomic E-state index is -0.00419. The molecular formula is C15H25N3OS. The third-order valence-electron chi connectivity index (χ3n) is 4.13. The summed E-state index contributed by atoms with van der Waals surface area (Å²) in [5, 5.41) is 3.11. The van der Waals surface area contributed by atoms with Crippen molar-refractivity contribution in [2.45, 2.75) is 50.3 Å². The van der Waals surface area contributed by atoms with Gasteiger partial charge in [-0.2, -0.15) is 11.8 Å². The fraction of sp³-hybridized carbons (Fsp3) is 0.667. The Morgan fingerprint density at radius 2 is 2.20 bits per heavy atom. The molecule has 1 aromatic rings. The van der Waals surface area contributed by atoms with Gasteiger partial charge < -0.3 is 15.6 Å². The first-order valence-electron chi connectivity index (χ1n) is 7.39. The van der Waals surface area contributed by atoms with Crippen molar-refractivity contribution in [3.63, 3.8) is 0 Å². The number of aromatic nitrogens is 1. The number of nitrogen functional groups attached to an aromatic ring is 1. The van der Waals surface area contributed by atoms with Crippen LogP contribution >= 0.6 is 11.8 Å². The quantitative estimate of drug-likeness (QED) is 0.848. The maximum Gasteiger partial charge on any atom is 0.268 e. The van der Waals surface area contributed by atoms with E-state index in [2.05, 4.69) is 18.5 Å². The van der Waals surface area contributed by atoms with Gasteiger partial charge in [0.2, 0.25) is 0 Å². The van der Waals surface area contributed by atoms with Gasteiger partial charge >= 0.3 is 0 Å². The van der Waals surface area contributed by atoms with E-state index >= 15 is 0 Å². The van der Waals surface area contributed by atoms with Gasteiger partial charge in [0.15, 0.2) is 0 Å². The van der Waals surface area contributed by atoms with Gasteiger partial charge in [0, 0.05) is 24.0 Å². The first kappa shape index (κ1) is 15.3. The fourth-order valence-electron chi connectivity index (χ4n) is 2.95. The molecule has 1 amide bonds. The van der Waals surface area contributed by atoms with Crippen molar-refractivity contribution in [2.75, 3.05) is 18.5 Å². The number of hydrogen-bond donors (Lipinski definition) is 2. The van der Waals surface area contributed by atoms with Gasteiger partial charge in [-0.25, -0.2) is 0 Å². The Bertz CT molecular complexity index is 464. The number of anilines is 1. The zero-order valence-electron chi connectivity index (χ0n) is 12.4. The van der Waals surface area contributed by atoms with Crippen molar-refractivity contribution in [3.8, 4) is 0 Å². The highest BCUT2D eigenvalue weighted by Gasteiger charge is 2.33. The number of thioether (sulfide) groups is 1. The van der Waals surface area contributed by atoms with Crippen LogP contribution in [0.4, 0.5) is 5.69 Å². The van der Waals surface area contributed by atoms with Crippen molar-refractivity contribution >= 4 is 23.4 Å². The number of nitrogens with zero attached hydrogens (tertiary/aromatic N) is 1. The first-order chi connectivity index (χ1) is 9.60. The molecule has 0 unspecified atom stereocenters. The molecule has 1 saturated carbocycles. The highest BCUT2D eigenvalue weighted by Crippen LogP contribution is 2.39. The van der Waals surface area contributed by atoms with Gasteiger partial charge in [-0.05, 0) is 31.6 Å². The van der Waals surface area contributed by atoms with E-state index in [4.69, 9.17) is 5.73 Å². The van der Waals surface area contributed by atoms with Gasteiger partial charge in [0.1, 0.15) is 5.69 Å². The summed E-state index contributed by atoms with van der Waals surface area (Å²) in [4.78, 5) is 12.4. The predicted octanol–water partition coefficient (Wildman–Crippen LogP) is 2.89. The predicted molar refractivity (Wildman–Crippen MR) is 86.2 cm³/mol. The van der Waals surface area contributed by atoms with E-state index in [0.717, 1.165) is 19.5 Å². The molecule has 3 N–H and O–H groups in total. The average Bonchev–Trinajstić information content (AvgIpc) is 3.04. The van der Waals surface area contributed by atoms with Crippen molar-refractivity contribution in [2.24, 2.45) is 0 Å². The summed E-state index contributed by atoms with van der Waals surface area (Å²) >= 11 is 1.89. The van der Waals surface area contributed by atoms with Crippen LogP contribution in [0.2, 0.25) is 0 Å². The van der Waals surface area contributed by atoms with Crippen LogP contribution in [0, 0.1) is 0 Å². The number of hydrogen-bond acceptors (Lipinski definition) is 3. The van der Waals surface area contributed by atoms with Gasteiger partial charge in [-0.3, -0.25) is 4.79 Å². The minimum Gasteiger partial charge on any atom is -0.397 e. The van der Waals surface area contributed by atoms with Gasteiger partial charge in [-0.1, -0.05) is 19.8 Å². The maximum atomic E-state index is 12.4. The zero-order valence-corrected chi connectivity index (χ0v) is 13.3. The molecule has 5 heteroatoms. The summed E-state index contributed by atoms with van der Waals surface area (Å²) in [5.74, 6) is -0.00419. The lowest BCUT2D eigenvalue weighted by Crippen LogP contribution is -2.39. The summed E-state index contributed by atoms with van der Waals surface area (Å²) in [6.07, 6.45) is 9.93. The third-order valence-corrected chi connectivity index (χ3v) is 5.55. The summed E-state index contributed by atoms with van der Waals surface area (Å²) in [7, 11) is 0. The largest absolute Gasteiger partial charge is 0.397 e. The molecule has 1 heterocycles. The van der Waals surface area contributed by atoms with Crippen LogP contribution in [0.1, 0.15) is 49.5 Å². The Kier molecular flexibility index (Phi) is 5.02. The molecule has 0 radical (unpaired) electrons. The van der Waals surface area contributed by atoms with Gasteiger partial charge in [0.05, 0.1) is 5.69 Å². The maximum absolute atomic E-state index is 12.4. The number of aryl methyl sites for hydroxylation is 1. The lowest BCUT2D eigenvalue weighted by atomic mass is 10.1. The highest BCUT2D eigenvalue weighted by molar-refractivity contribution is 8.00. The van der Waals surface area contributed by atoms with E-state index in [1.807, 2.05) is 22.5 Å². The lowest BCUT2D eigenvalue weighted by Gasteiger charge is -2.27. The van der Waals surface area contributed by atoms with E-state index in [9.17, 15) is 4.79 Å². The molecular weight excluding hydrogens is 270 g/mol. The number of carbonyl (C=O) groups excluding carboxylic acids is 1. The summed E-state index contributed by atoms with van der Waals surface area (Å²) in [6, 6.07) is 1.77. The van der Waals surface area contributed by atoms with Crippen LogP contribution in [0.15, 0.2) is 12.3 Å². The van der Waals surface area contributed by atoms with Gasteiger partial charge in [0.25, 0.3) is 5.91 Å². The highest BCUT2D eigenvalue weighted by atomic mass is 32.2. The topological polar surface area (TPSA) is 60.0 Å². The second kappa shape index (κ2) is 6.57. The summed E-state index contributed by atoms with van der Waals surface area (Å²) in [6.45, 7) is 3.68. The van der Waals surface area contributed by atoms with E-state index in [0.29, 0.717) is 11.4 Å². The van der Waals surface area contributed by atoms with Crippen LogP contribution in [-0.2, 0) is 6.54 Å². The van der Waals surface area contributed by atoms with Crippen LogP contribution in [-0.4, -0.2) is 28.0 Å². The molecule has 0 aromatic carbocycles. The van der Waals surface area contributed by atoms with E-state index < -0.39 is 0 Å². The normalized spacial score (nSPS) is 17.3. The van der Waals surface area contributed by atoms with E-state index in [1.54, 1.807) is 6.07 Å². The van der Waals surface area contributed by atoms with Crippen LogP contribution in [0.3, 0.4) is 0 Å². The number of nitrogens with one attached hydrogen (secondary N) is 1. The summed E-state index contributed by atoms with van der Waals surface area (Å²) in [5.41, 5.74) is 7.15. The van der Waals surface area contributed by atoms with Gasteiger partial charge in [-0.15, -0.1) is 0 Å².